The Morgan fingerprint density at radius 1 is 1.47 bits per heavy atom. The molecule has 7 heteroatoms. The van der Waals surface area contributed by atoms with E-state index in [0.717, 1.165) is 12.8 Å². The zero-order chi connectivity index (χ0) is 12.1. The Hall–Kier alpha value is 2.01. The van der Waals surface area contributed by atoms with E-state index in [9.17, 15) is 4.89 Å². The molecule has 0 aliphatic rings. The number of hydrogen-bond acceptors (Lipinski definition) is 2. The van der Waals surface area contributed by atoms with Crippen LogP contribution in [0.15, 0.2) is 0 Å². The van der Waals surface area contributed by atoms with E-state index in [1.807, 2.05) is 0 Å². The zero-order valence-electron chi connectivity index (χ0n) is 8.75. The number of rotatable bonds is 6. The Bertz CT molecular complexity index is 232. The van der Waals surface area contributed by atoms with Gasteiger partial charge in [0.05, 0.1) is 6.61 Å². The van der Waals surface area contributed by atoms with Crippen molar-refractivity contribution in [3.05, 3.63) is 0 Å². The molecule has 92 valence electrons. The second-order valence-electron chi connectivity index (χ2n) is 3.60. The van der Waals surface area contributed by atoms with Gasteiger partial charge in [0.2, 0.25) is 0 Å². The highest BCUT2D eigenvalue weighted by atomic mass is 80.0. The Labute approximate surface area is 122 Å². The van der Waals surface area contributed by atoms with Gasteiger partial charge in [0.1, 0.15) is 0 Å². The van der Waals surface area contributed by atoms with Crippen LogP contribution in [0.1, 0.15) is 26.7 Å². The SMILES string of the molecule is CCCC(C)CP(O)(=S)OCC(Br)(Br)Br. The van der Waals surface area contributed by atoms with Crippen LogP contribution < -0.4 is 0 Å². The van der Waals surface area contributed by atoms with Gasteiger partial charge in [-0.3, -0.25) is 0 Å². The Balaban J connectivity index is 4.02. The van der Waals surface area contributed by atoms with Crippen molar-refractivity contribution in [2.75, 3.05) is 12.8 Å². The molecule has 2 unspecified atom stereocenters. The predicted octanol–water partition coefficient (Wildman–Crippen LogP) is 4.58. The highest BCUT2D eigenvalue weighted by Crippen LogP contribution is 2.48. The highest BCUT2D eigenvalue weighted by molar-refractivity contribution is 9.39. The summed E-state index contributed by atoms with van der Waals surface area (Å²) in [4.78, 5) is 9.92. The summed E-state index contributed by atoms with van der Waals surface area (Å²) in [7, 11) is 0. The van der Waals surface area contributed by atoms with Gasteiger partial charge in [-0.15, -0.1) is 0 Å². The molecular weight excluding hydrogens is 431 g/mol. The molecule has 15 heavy (non-hydrogen) atoms. The van der Waals surface area contributed by atoms with Gasteiger partial charge in [0, 0.05) is 6.16 Å². The first-order valence-electron chi connectivity index (χ1n) is 4.69. The van der Waals surface area contributed by atoms with Crippen molar-refractivity contribution < 1.29 is 9.42 Å². The first kappa shape index (κ1) is 17.0. The van der Waals surface area contributed by atoms with Crippen molar-refractivity contribution in [3.63, 3.8) is 0 Å². The minimum Gasteiger partial charge on any atom is -0.345 e. The Morgan fingerprint density at radius 2 is 2.00 bits per heavy atom. The lowest BCUT2D eigenvalue weighted by atomic mass is 10.1. The lowest BCUT2D eigenvalue weighted by Crippen LogP contribution is -2.12. The van der Waals surface area contributed by atoms with E-state index in [-0.39, 0.29) is 0 Å². The molecule has 2 nitrogen and oxygen atoms in total. The van der Waals surface area contributed by atoms with Gasteiger partial charge in [-0.1, -0.05) is 74.5 Å². The molecule has 0 rings (SSSR count). The van der Waals surface area contributed by atoms with Crippen LogP contribution in [0.2, 0.25) is 0 Å². The van der Waals surface area contributed by atoms with Gasteiger partial charge >= 0.3 is 0 Å². The van der Waals surface area contributed by atoms with Gasteiger partial charge in [-0.05, 0) is 17.7 Å². The fourth-order valence-corrected chi connectivity index (χ4v) is 4.47. The van der Waals surface area contributed by atoms with E-state index >= 15 is 0 Å². The van der Waals surface area contributed by atoms with Crippen molar-refractivity contribution in [2.24, 2.45) is 5.92 Å². The smallest absolute Gasteiger partial charge is 0.186 e. The summed E-state index contributed by atoms with van der Waals surface area (Å²) >= 11 is 15.0. The fourth-order valence-electron chi connectivity index (χ4n) is 1.20. The van der Waals surface area contributed by atoms with Gasteiger partial charge < -0.3 is 9.42 Å². The maximum absolute atomic E-state index is 9.92. The van der Waals surface area contributed by atoms with Crippen LogP contribution >= 0.6 is 54.3 Å². The van der Waals surface area contributed by atoms with Crippen molar-refractivity contribution in [1.82, 2.24) is 0 Å². The molecule has 2 atom stereocenters. The van der Waals surface area contributed by atoms with Crippen LogP contribution in [0.4, 0.5) is 0 Å². The Kier molecular flexibility index (Phi) is 8.44. The van der Waals surface area contributed by atoms with Gasteiger partial charge in [-0.25, -0.2) is 0 Å². The van der Waals surface area contributed by atoms with Crippen LogP contribution in [-0.2, 0) is 16.3 Å². The monoisotopic (exact) mass is 444 g/mol. The van der Waals surface area contributed by atoms with Crippen molar-refractivity contribution in [3.8, 4) is 0 Å². The summed E-state index contributed by atoms with van der Waals surface area (Å²) in [6.07, 6.45) is 2.76. The van der Waals surface area contributed by atoms with Crippen LogP contribution in [0.25, 0.3) is 0 Å². The summed E-state index contributed by atoms with van der Waals surface area (Å²) in [5, 5.41) is 0. The highest BCUT2D eigenvalue weighted by Gasteiger charge is 2.24. The van der Waals surface area contributed by atoms with E-state index in [4.69, 9.17) is 16.3 Å². The minimum absolute atomic E-state index is 0.291. The lowest BCUT2D eigenvalue weighted by molar-refractivity contribution is 0.317. The topological polar surface area (TPSA) is 29.5 Å². The molecule has 0 aromatic heterocycles. The van der Waals surface area contributed by atoms with E-state index < -0.39 is 8.63 Å². The van der Waals surface area contributed by atoms with E-state index in [1.54, 1.807) is 0 Å². The molecule has 0 bridgehead atoms. The number of halogens is 3. The lowest BCUT2D eigenvalue weighted by Gasteiger charge is -2.22. The van der Waals surface area contributed by atoms with Crippen LogP contribution in [0.5, 0.6) is 0 Å². The summed E-state index contributed by atoms with van der Waals surface area (Å²) in [6.45, 7) is 1.87. The second-order valence-corrected chi connectivity index (χ2v) is 14.5. The predicted molar refractivity (Wildman–Crippen MR) is 80.9 cm³/mol. The third kappa shape index (κ3) is 10.9. The van der Waals surface area contributed by atoms with Crippen molar-refractivity contribution in [1.29, 1.82) is 0 Å². The third-order valence-corrected chi connectivity index (χ3v) is 4.82. The molecule has 0 aliphatic heterocycles. The molecule has 0 aromatic rings. The molecular formula is C8H16Br3O2PS. The molecule has 0 fully saturated rings. The summed E-state index contributed by atoms with van der Waals surface area (Å²) in [6, 6.07) is 0. The molecule has 0 aromatic carbocycles. The molecule has 0 saturated heterocycles. The van der Waals surface area contributed by atoms with E-state index in [0.29, 0.717) is 18.7 Å². The Morgan fingerprint density at radius 3 is 2.40 bits per heavy atom. The summed E-state index contributed by atoms with van der Waals surface area (Å²) < 4.78 is 4.86. The molecule has 0 saturated carbocycles. The van der Waals surface area contributed by atoms with Crippen LogP contribution in [-0.4, -0.2) is 19.8 Å². The number of alkyl halides is 3. The van der Waals surface area contributed by atoms with E-state index in [2.05, 4.69) is 61.6 Å². The summed E-state index contributed by atoms with van der Waals surface area (Å²) in [5.74, 6) is 0.418. The average Bonchev–Trinajstić information content (AvgIpc) is 1.99. The van der Waals surface area contributed by atoms with Gasteiger partial charge in [-0.2, -0.15) is 0 Å². The number of hydrogen-bond donors (Lipinski definition) is 1. The quantitative estimate of drug-likeness (QED) is 0.478. The molecule has 0 heterocycles. The second kappa shape index (κ2) is 7.45. The minimum atomic E-state index is -2.63. The first-order chi connectivity index (χ1) is 6.66. The van der Waals surface area contributed by atoms with Crippen LogP contribution in [0.3, 0.4) is 0 Å². The van der Waals surface area contributed by atoms with Crippen LogP contribution in [0, 0.1) is 5.92 Å². The van der Waals surface area contributed by atoms with Crippen molar-refractivity contribution >= 4 is 66.1 Å². The maximum Gasteiger partial charge on any atom is 0.186 e. The fraction of sp³-hybridized carbons (Fsp3) is 1.00. The molecule has 0 amide bonds. The maximum atomic E-state index is 9.92. The normalized spacial score (nSPS) is 18.5. The largest absolute Gasteiger partial charge is 0.345 e. The van der Waals surface area contributed by atoms with Crippen molar-refractivity contribution in [2.45, 2.75) is 28.8 Å². The summed E-state index contributed by atoms with van der Waals surface area (Å²) in [5.41, 5.74) is 0. The standard InChI is InChI=1S/C8H16Br3O2PS/c1-3-4-7(2)5-14(12,15)13-6-8(9,10)11/h7H,3-6H2,1-2H3,(H,12,15). The van der Waals surface area contributed by atoms with E-state index in [1.165, 1.54) is 0 Å². The molecule has 1 N–H and O–H groups in total. The zero-order valence-corrected chi connectivity index (χ0v) is 15.2. The molecule has 0 spiro atoms. The third-order valence-electron chi connectivity index (χ3n) is 1.75. The molecule has 0 aliphatic carbocycles. The van der Waals surface area contributed by atoms with Gasteiger partial charge in [0.25, 0.3) is 0 Å². The molecule has 0 radical (unpaired) electrons. The first-order valence-corrected chi connectivity index (χ1v) is 9.93. The van der Waals surface area contributed by atoms with Gasteiger partial charge in [0.15, 0.2) is 8.63 Å². The average molecular weight is 447 g/mol.